The Morgan fingerprint density at radius 2 is 1.92 bits per heavy atom. The van der Waals surface area contributed by atoms with Crippen molar-refractivity contribution < 1.29 is 24.1 Å². The minimum Gasteiger partial charge on any atom is -0.465 e. The van der Waals surface area contributed by atoms with Crippen LogP contribution in [0.25, 0.3) is 22.4 Å². The highest BCUT2D eigenvalue weighted by Crippen LogP contribution is 2.33. The molecule has 3 heterocycles. The van der Waals surface area contributed by atoms with E-state index in [1.165, 1.54) is 6.20 Å². The third-order valence-corrected chi connectivity index (χ3v) is 7.99. The first-order valence-electron chi connectivity index (χ1n) is 12.4. The molecule has 9 nitrogen and oxygen atoms in total. The van der Waals surface area contributed by atoms with Crippen molar-refractivity contribution in [1.82, 2.24) is 14.5 Å². The Hall–Kier alpha value is -3.05. The predicted molar refractivity (Wildman–Crippen MR) is 147 cm³/mol. The lowest BCUT2D eigenvalue weighted by Crippen LogP contribution is -2.31. The van der Waals surface area contributed by atoms with Gasteiger partial charge in [-0.1, -0.05) is 56.1 Å². The molecule has 2 aromatic heterocycles. The van der Waals surface area contributed by atoms with Crippen LogP contribution in [-0.2, 0) is 26.7 Å². The van der Waals surface area contributed by atoms with Crippen molar-refractivity contribution in [1.29, 1.82) is 0 Å². The number of aromatic nitrogens is 3. The summed E-state index contributed by atoms with van der Waals surface area (Å²) in [6, 6.07) is 11.0. The quantitative estimate of drug-likeness (QED) is 0.207. The first kappa shape index (κ1) is 27.0. The first-order chi connectivity index (χ1) is 17.5. The summed E-state index contributed by atoms with van der Waals surface area (Å²) in [6.45, 7) is 16.8. The zero-order valence-corrected chi connectivity index (χ0v) is 23.3. The second kappa shape index (κ2) is 10.7. The van der Waals surface area contributed by atoms with Gasteiger partial charge in [-0.15, -0.1) is 0 Å². The van der Waals surface area contributed by atoms with Gasteiger partial charge in [0.15, 0.2) is 17.3 Å². The summed E-state index contributed by atoms with van der Waals surface area (Å²) >= 11 is 0. The fourth-order valence-corrected chi connectivity index (χ4v) is 4.95. The van der Waals surface area contributed by atoms with Gasteiger partial charge in [0.25, 0.3) is 0 Å². The number of nitrogens with zero attached hydrogens (tertiary/aromatic N) is 4. The maximum atomic E-state index is 11.9. The van der Waals surface area contributed by atoms with Crippen LogP contribution in [0.15, 0.2) is 48.7 Å². The molecule has 37 heavy (non-hydrogen) atoms. The van der Waals surface area contributed by atoms with Gasteiger partial charge in [0.1, 0.15) is 12.2 Å². The average molecular weight is 525 g/mol. The van der Waals surface area contributed by atoms with Gasteiger partial charge in [-0.25, -0.2) is 14.8 Å². The number of carbonyl (C=O) groups is 1. The Kier molecular flexibility index (Phi) is 7.84. The topological polar surface area (TPSA) is 98.9 Å². The summed E-state index contributed by atoms with van der Waals surface area (Å²) in [5.41, 5.74) is 4.71. The van der Waals surface area contributed by atoms with E-state index < -0.39 is 20.0 Å². The number of amides is 1. The van der Waals surface area contributed by atoms with E-state index in [2.05, 4.69) is 36.2 Å². The van der Waals surface area contributed by atoms with Gasteiger partial charge in [0, 0.05) is 20.2 Å². The van der Waals surface area contributed by atoms with Crippen LogP contribution in [-0.4, -0.2) is 60.2 Å². The van der Waals surface area contributed by atoms with E-state index in [4.69, 9.17) is 14.2 Å². The molecule has 0 unspecified atom stereocenters. The third-order valence-electron chi connectivity index (χ3n) is 6.28. The summed E-state index contributed by atoms with van der Waals surface area (Å²) in [5, 5.41) is 9.71. The van der Waals surface area contributed by atoms with Crippen LogP contribution in [0, 0.1) is 0 Å². The average Bonchev–Trinajstić information content (AvgIpc) is 3.43. The Morgan fingerprint density at radius 3 is 2.51 bits per heavy atom. The van der Waals surface area contributed by atoms with Crippen molar-refractivity contribution in [3.8, 4) is 11.3 Å². The molecule has 4 rings (SSSR count). The molecule has 10 heteroatoms. The summed E-state index contributed by atoms with van der Waals surface area (Å²) in [4.78, 5) is 22.3. The molecular weight excluding hydrogens is 488 g/mol. The van der Waals surface area contributed by atoms with Crippen LogP contribution < -0.4 is 4.90 Å². The van der Waals surface area contributed by atoms with E-state index in [1.54, 1.807) is 6.92 Å². The normalized spacial score (nSPS) is 15.3. The third kappa shape index (κ3) is 6.27. The van der Waals surface area contributed by atoms with Crippen molar-refractivity contribution >= 4 is 31.1 Å². The number of hydrogen-bond donors (Lipinski definition) is 1. The van der Waals surface area contributed by atoms with Gasteiger partial charge < -0.3 is 19.3 Å². The van der Waals surface area contributed by atoms with Gasteiger partial charge in [0.2, 0.25) is 0 Å². The molecule has 1 N–H and O–H groups in total. The lowest BCUT2D eigenvalue weighted by molar-refractivity contribution is -0.149. The van der Waals surface area contributed by atoms with E-state index in [1.807, 2.05) is 41.8 Å². The number of anilines is 1. The summed E-state index contributed by atoms with van der Waals surface area (Å²) in [6.07, 6.45) is 0.381. The SMILES string of the molecule is C=C(C)CN(C(=O)O)c1cnc2c(cc(-c3ccc(C4(C)OCCO4)cc3)n2COCC[Si](C)(C)C)n1. The lowest BCUT2D eigenvalue weighted by atomic mass is 10.0. The van der Waals surface area contributed by atoms with Crippen LogP contribution in [0.1, 0.15) is 19.4 Å². The zero-order chi connectivity index (χ0) is 26.8. The molecule has 0 aliphatic carbocycles. The standard InChI is InChI=1S/C27H36N4O5Si/c1-19(2)17-30(26(32)33)24-16-28-25-22(29-24)15-23(31(25)18-34-13-14-37(4,5)6)20-7-9-21(10-8-20)27(3)35-11-12-36-27/h7-10,15-16H,1,11-14,17-18H2,2-6H3,(H,32,33). The van der Waals surface area contributed by atoms with Crippen molar-refractivity contribution in [3.63, 3.8) is 0 Å². The number of benzene rings is 1. The van der Waals surface area contributed by atoms with Crippen molar-refractivity contribution in [2.75, 3.05) is 31.3 Å². The monoisotopic (exact) mass is 524 g/mol. The maximum absolute atomic E-state index is 11.9. The molecule has 1 amide bonds. The van der Waals surface area contributed by atoms with Gasteiger partial charge in [-0.3, -0.25) is 9.47 Å². The van der Waals surface area contributed by atoms with Gasteiger partial charge in [-0.05, 0) is 31.5 Å². The van der Waals surface area contributed by atoms with E-state index in [0.29, 0.717) is 43.3 Å². The highest BCUT2D eigenvalue weighted by molar-refractivity contribution is 6.76. The Balaban J connectivity index is 1.71. The van der Waals surface area contributed by atoms with Crippen LogP contribution in [0.4, 0.5) is 10.6 Å². The van der Waals surface area contributed by atoms with Crippen LogP contribution in [0.5, 0.6) is 0 Å². The fraction of sp³-hybridized carbons (Fsp3) is 0.444. The molecule has 1 aromatic carbocycles. The van der Waals surface area contributed by atoms with Gasteiger partial charge in [0.05, 0.1) is 31.6 Å². The van der Waals surface area contributed by atoms with E-state index in [-0.39, 0.29) is 12.4 Å². The smallest absolute Gasteiger partial charge is 0.413 e. The van der Waals surface area contributed by atoms with Crippen molar-refractivity contribution in [2.45, 2.75) is 52.1 Å². The molecular formula is C27H36N4O5Si. The number of ether oxygens (including phenoxy) is 3. The van der Waals surface area contributed by atoms with E-state index in [0.717, 1.165) is 27.8 Å². The van der Waals surface area contributed by atoms with Crippen LogP contribution >= 0.6 is 0 Å². The van der Waals surface area contributed by atoms with Crippen LogP contribution in [0.3, 0.4) is 0 Å². The molecule has 3 aromatic rings. The number of fused-ring (bicyclic) bond motifs is 1. The minimum atomic E-state index is -1.24. The lowest BCUT2D eigenvalue weighted by Gasteiger charge is -2.23. The summed E-state index contributed by atoms with van der Waals surface area (Å²) in [5.74, 6) is -0.489. The zero-order valence-electron chi connectivity index (χ0n) is 22.3. The van der Waals surface area contributed by atoms with Crippen LogP contribution in [0.2, 0.25) is 25.7 Å². The predicted octanol–water partition coefficient (Wildman–Crippen LogP) is 5.69. The summed E-state index contributed by atoms with van der Waals surface area (Å²) < 4.78 is 19.7. The molecule has 0 spiro atoms. The molecule has 0 saturated carbocycles. The summed E-state index contributed by atoms with van der Waals surface area (Å²) in [7, 11) is -1.24. The highest BCUT2D eigenvalue weighted by atomic mass is 28.3. The largest absolute Gasteiger partial charge is 0.465 e. The Morgan fingerprint density at radius 1 is 1.24 bits per heavy atom. The molecule has 198 valence electrons. The van der Waals surface area contributed by atoms with Gasteiger partial charge in [-0.2, -0.15) is 0 Å². The van der Waals surface area contributed by atoms with E-state index >= 15 is 0 Å². The molecule has 1 aliphatic rings. The number of hydrogen-bond acceptors (Lipinski definition) is 6. The minimum absolute atomic E-state index is 0.146. The Bertz CT molecular complexity index is 1280. The fourth-order valence-electron chi connectivity index (χ4n) is 4.19. The van der Waals surface area contributed by atoms with Crippen molar-refractivity contribution in [3.05, 3.63) is 54.2 Å². The number of rotatable bonds is 10. The first-order valence-corrected chi connectivity index (χ1v) is 16.2. The second-order valence-electron chi connectivity index (χ2n) is 10.8. The second-order valence-corrected chi connectivity index (χ2v) is 16.4. The number of carboxylic acid groups (broad SMARTS) is 1. The molecule has 1 saturated heterocycles. The molecule has 1 fully saturated rings. The van der Waals surface area contributed by atoms with Crippen molar-refractivity contribution in [2.24, 2.45) is 0 Å². The molecule has 0 radical (unpaired) electrons. The van der Waals surface area contributed by atoms with Gasteiger partial charge >= 0.3 is 6.09 Å². The maximum Gasteiger partial charge on any atom is 0.413 e. The molecule has 1 aliphatic heterocycles. The van der Waals surface area contributed by atoms with E-state index in [9.17, 15) is 9.90 Å². The highest BCUT2D eigenvalue weighted by Gasteiger charge is 2.33. The Labute approximate surface area is 218 Å². The molecule has 0 atom stereocenters. The molecule has 0 bridgehead atoms.